The Hall–Kier alpha value is -3.47. The van der Waals surface area contributed by atoms with Crippen LogP contribution in [0.3, 0.4) is 0 Å². The number of pyridine rings is 1. The average Bonchev–Trinajstić information content (AvgIpc) is 2.63. The molecule has 0 spiro atoms. The lowest BCUT2D eigenvalue weighted by molar-refractivity contribution is -0.153. The number of carbonyl (C=O) groups is 2. The highest BCUT2D eigenvalue weighted by Gasteiger charge is 2.19. The summed E-state index contributed by atoms with van der Waals surface area (Å²) in [5.41, 5.74) is 1.74. The van der Waals surface area contributed by atoms with Gasteiger partial charge in [-0.05, 0) is 62.6 Å². The standard InChI is InChI=1S/C20H20FN3O4/c1-11-16(12(2)23-20(27)17(11)10-22)8-9-18(25)28-13(3)19(26)24-15-6-4-14(21)5-7-15/h4-7,13H,8-9H2,1-3H3,(H,23,27)(H,24,26)/t13-/m1/s1. The molecule has 1 heterocycles. The third kappa shape index (κ3) is 5.04. The number of aryl methyl sites for hydroxylation is 1. The maximum Gasteiger partial charge on any atom is 0.306 e. The zero-order valence-corrected chi connectivity index (χ0v) is 15.8. The van der Waals surface area contributed by atoms with E-state index in [0.717, 1.165) is 0 Å². The molecule has 0 saturated carbocycles. The molecule has 0 aliphatic rings. The number of nitriles is 1. The third-order valence-electron chi connectivity index (χ3n) is 4.29. The van der Waals surface area contributed by atoms with Crippen LogP contribution in [0.4, 0.5) is 10.1 Å². The van der Waals surface area contributed by atoms with Gasteiger partial charge in [0.15, 0.2) is 6.10 Å². The predicted molar refractivity (Wildman–Crippen MR) is 100 cm³/mol. The minimum atomic E-state index is -1.04. The molecule has 2 aromatic rings. The van der Waals surface area contributed by atoms with Crippen molar-refractivity contribution in [1.29, 1.82) is 5.26 Å². The van der Waals surface area contributed by atoms with Crippen molar-refractivity contribution in [3.8, 4) is 6.07 Å². The Kier molecular flexibility index (Phi) is 6.66. The van der Waals surface area contributed by atoms with Crippen LogP contribution < -0.4 is 10.9 Å². The average molecular weight is 385 g/mol. The van der Waals surface area contributed by atoms with E-state index in [9.17, 15) is 18.8 Å². The molecule has 1 amide bonds. The summed E-state index contributed by atoms with van der Waals surface area (Å²) in [4.78, 5) is 38.5. The molecular weight excluding hydrogens is 365 g/mol. The summed E-state index contributed by atoms with van der Waals surface area (Å²) in [7, 11) is 0. The number of aromatic nitrogens is 1. The first-order valence-electron chi connectivity index (χ1n) is 8.61. The number of ether oxygens (including phenoxy) is 1. The van der Waals surface area contributed by atoms with Crippen LogP contribution in [-0.2, 0) is 20.7 Å². The van der Waals surface area contributed by atoms with E-state index in [2.05, 4.69) is 10.3 Å². The number of hydrogen-bond acceptors (Lipinski definition) is 5. The van der Waals surface area contributed by atoms with Crippen LogP contribution in [0.2, 0.25) is 0 Å². The lowest BCUT2D eigenvalue weighted by atomic mass is 9.99. The van der Waals surface area contributed by atoms with Crippen molar-refractivity contribution in [2.75, 3.05) is 5.32 Å². The second-order valence-electron chi connectivity index (χ2n) is 6.30. The normalized spacial score (nSPS) is 11.4. The van der Waals surface area contributed by atoms with Crippen molar-refractivity contribution in [3.63, 3.8) is 0 Å². The van der Waals surface area contributed by atoms with Gasteiger partial charge in [0.05, 0.1) is 0 Å². The van der Waals surface area contributed by atoms with Gasteiger partial charge in [0, 0.05) is 17.8 Å². The molecule has 1 aromatic heterocycles. The highest BCUT2D eigenvalue weighted by molar-refractivity contribution is 5.95. The zero-order chi connectivity index (χ0) is 20.8. The van der Waals surface area contributed by atoms with Gasteiger partial charge in [-0.25, -0.2) is 4.39 Å². The van der Waals surface area contributed by atoms with Crippen molar-refractivity contribution < 1.29 is 18.7 Å². The smallest absolute Gasteiger partial charge is 0.306 e. The van der Waals surface area contributed by atoms with Crippen LogP contribution >= 0.6 is 0 Å². The maximum absolute atomic E-state index is 12.9. The number of halogens is 1. The molecule has 146 valence electrons. The Morgan fingerprint density at radius 2 is 1.93 bits per heavy atom. The zero-order valence-electron chi connectivity index (χ0n) is 15.8. The minimum absolute atomic E-state index is 0.0148. The molecule has 0 fully saturated rings. The highest BCUT2D eigenvalue weighted by atomic mass is 19.1. The number of benzene rings is 1. The number of aromatic amines is 1. The van der Waals surface area contributed by atoms with E-state index in [-0.39, 0.29) is 18.4 Å². The molecule has 8 heteroatoms. The molecule has 1 atom stereocenters. The first kappa shape index (κ1) is 20.8. The number of H-pyrrole nitrogens is 1. The summed E-state index contributed by atoms with van der Waals surface area (Å²) in [6.45, 7) is 4.77. The number of hydrogen-bond donors (Lipinski definition) is 2. The fourth-order valence-electron chi connectivity index (χ4n) is 2.73. The first-order chi connectivity index (χ1) is 13.2. The van der Waals surface area contributed by atoms with E-state index in [0.29, 0.717) is 22.5 Å². The summed E-state index contributed by atoms with van der Waals surface area (Å²) >= 11 is 0. The summed E-state index contributed by atoms with van der Waals surface area (Å²) in [5.74, 6) is -1.56. The van der Waals surface area contributed by atoms with E-state index in [4.69, 9.17) is 10.00 Å². The second-order valence-corrected chi connectivity index (χ2v) is 6.30. The van der Waals surface area contributed by atoms with Crippen LogP contribution in [0.25, 0.3) is 0 Å². The number of nitrogens with one attached hydrogen (secondary N) is 2. The molecule has 1 aromatic carbocycles. The Morgan fingerprint density at radius 1 is 1.29 bits per heavy atom. The Morgan fingerprint density at radius 3 is 2.54 bits per heavy atom. The first-order valence-corrected chi connectivity index (χ1v) is 8.61. The lowest BCUT2D eigenvalue weighted by Crippen LogP contribution is -2.30. The number of rotatable bonds is 6. The van der Waals surface area contributed by atoms with Crippen LogP contribution in [0.15, 0.2) is 29.1 Å². The van der Waals surface area contributed by atoms with Gasteiger partial charge in [0.1, 0.15) is 17.4 Å². The molecule has 2 rings (SSSR count). The van der Waals surface area contributed by atoms with Gasteiger partial charge in [-0.3, -0.25) is 14.4 Å². The number of anilines is 1. The van der Waals surface area contributed by atoms with Gasteiger partial charge in [0.25, 0.3) is 11.5 Å². The van der Waals surface area contributed by atoms with E-state index in [1.165, 1.54) is 31.2 Å². The highest BCUT2D eigenvalue weighted by Crippen LogP contribution is 2.16. The minimum Gasteiger partial charge on any atom is -0.453 e. The Balaban J connectivity index is 1.95. The van der Waals surface area contributed by atoms with Crippen LogP contribution in [0.1, 0.15) is 35.7 Å². The van der Waals surface area contributed by atoms with Gasteiger partial charge < -0.3 is 15.0 Å². The fourth-order valence-corrected chi connectivity index (χ4v) is 2.73. The molecule has 0 saturated heterocycles. The monoisotopic (exact) mass is 385 g/mol. The number of nitrogens with zero attached hydrogens (tertiary/aromatic N) is 1. The molecule has 0 radical (unpaired) electrons. The summed E-state index contributed by atoms with van der Waals surface area (Å²) in [6.07, 6.45) is -0.800. The van der Waals surface area contributed by atoms with Gasteiger partial charge in [-0.1, -0.05) is 0 Å². The Labute approximate surface area is 161 Å². The van der Waals surface area contributed by atoms with E-state index < -0.39 is 29.4 Å². The van der Waals surface area contributed by atoms with Gasteiger partial charge in [-0.15, -0.1) is 0 Å². The summed E-state index contributed by atoms with van der Waals surface area (Å²) in [6, 6.07) is 7.06. The van der Waals surface area contributed by atoms with Crippen LogP contribution in [0.5, 0.6) is 0 Å². The fraction of sp³-hybridized carbons (Fsp3) is 0.300. The molecule has 0 aliphatic carbocycles. The SMILES string of the molecule is Cc1[nH]c(=O)c(C#N)c(C)c1CCC(=O)O[C@H](C)C(=O)Nc1ccc(F)cc1. The Bertz CT molecular complexity index is 990. The molecule has 7 nitrogen and oxygen atoms in total. The van der Waals surface area contributed by atoms with Crippen molar-refractivity contribution in [3.05, 3.63) is 62.8 Å². The number of esters is 1. The van der Waals surface area contributed by atoms with Crippen LogP contribution in [-0.4, -0.2) is 23.0 Å². The third-order valence-corrected chi connectivity index (χ3v) is 4.29. The molecule has 28 heavy (non-hydrogen) atoms. The van der Waals surface area contributed by atoms with Gasteiger partial charge in [-0.2, -0.15) is 5.26 Å². The predicted octanol–water partition coefficient (Wildman–Crippen LogP) is 2.51. The molecular formula is C20H20FN3O4. The summed E-state index contributed by atoms with van der Waals surface area (Å²) < 4.78 is 18.0. The number of carbonyl (C=O) groups excluding carboxylic acids is 2. The van der Waals surface area contributed by atoms with Gasteiger partial charge in [0.2, 0.25) is 0 Å². The quantitative estimate of drug-likeness (QED) is 0.742. The van der Waals surface area contributed by atoms with Gasteiger partial charge >= 0.3 is 5.97 Å². The van der Waals surface area contributed by atoms with E-state index >= 15 is 0 Å². The molecule has 0 aliphatic heterocycles. The van der Waals surface area contributed by atoms with Crippen molar-refractivity contribution in [2.45, 2.75) is 39.7 Å². The lowest BCUT2D eigenvalue weighted by Gasteiger charge is -2.14. The topological polar surface area (TPSA) is 112 Å². The summed E-state index contributed by atoms with van der Waals surface area (Å²) in [5, 5.41) is 11.6. The van der Waals surface area contributed by atoms with Crippen molar-refractivity contribution in [2.24, 2.45) is 0 Å². The van der Waals surface area contributed by atoms with Crippen molar-refractivity contribution >= 4 is 17.6 Å². The van der Waals surface area contributed by atoms with Crippen molar-refractivity contribution in [1.82, 2.24) is 4.98 Å². The molecule has 0 unspecified atom stereocenters. The number of amides is 1. The van der Waals surface area contributed by atoms with E-state index in [1.54, 1.807) is 13.8 Å². The largest absolute Gasteiger partial charge is 0.453 e. The molecule has 0 bridgehead atoms. The maximum atomic E-state index is 12.9. The second kappa shape index (κ2) is 8.95. The van der Waals surface area contributed by atoms with Crippen LogP contribution in [0, 0.1) is 31.0 Å². The molecule has 2 N–H and O–H groups in total. The van der Waals surface area contributed by atoms with E-state index in [1.807, 2.05) is 6.07 Å².